The van der Waals surface area contributed by atoms with Gasteiger partial charge in [0.2, 0.25) is 0 Å². The monoisotopic (exact) mass is 222 g/mol. The van der Waals surface area contributed by atoms with Crippen LogP contribution in [-0.4, -0.2) is 19.6 Å². The average molecular weight is 223 g/mol. The molecule has 2 aromatic rings. The molecule has 0 saturated carbocycles. The van der Waals surface area contributed by atoms with Gasteiger partial charge in [0.1, 0.15) is 5.38 Å². The summed E-state index contributed by atoms with van der Waals surface area (Å²) in [7, 11) is 0. The SMILES string of the molecule is N#CC(Cl)Cn1nc2ccccn2c1=O. The Morgan fingerprint density at radius 2 is 2.40 bits per heavy atom. The van der Waals surface area contributed by atoms with Crippen molar-refractivity contribution in [3.63, 3.8) is 0 Å². The minimum atomic E-state index is -0.743. The van der Waals surface area contributed by atoms with Crippen LogP contribution in [0.25, 0.3) is 5.65 Å². The number of hydrogen-bond donors (Lipinski definition) is 0. The lowest BCUT2D eigenvalue weighted by Gasteiger charge is -1.96. The predicted octanol–water partition coefficient (Wildman–Crippen LogP) is 0.627. The van der Waals surface area contributed by atoms with E-state index in [1.54, 1.807) is 24.4 Å². The molecule has 0 radical (unpaired) electrons. The van der Waals surface area contributed by atoms with Gasteiger partial charge < -0.3 is 0 Å². The smallest absolute Gasteiger partial charge is 0.250 e. The van der Waals surface area contributed by atoms with Gasteiger partial charge in [0, 0.05) is 6.20 Å². The van der Waals surface area contributed by atoms with Crippen molar-refractivity contribution in [1.29, 1.82) is 5.26 Å². The normalized spacial score (nSPS) is 12.5. The van der Waals surface area contributed by atoms with E-state index in [1.807, 2.05) is 6.07 Å². The Morgan fingerprint density at radius 1 is 1.60 bits per heavy atom. The van der Waals surface area contributed by atoms with Crippen LogP contribution >= 0.6 is 11.6 Å². The molecule has 0 aliphatic carbocycles. The Hall–Kier alpha value is -1.80. The molecule has 1 atom stereocenters. The van der Waals surface area contributed by atoms with E-state index in [4.69, 9.17) is 16.9 Å². The van der Waals surface area contributed by atoms with Crippen molar-refractivity contribution < 1.29 is 0 Å². The number of aromatic nitrogens is 3. The second kappa shape index (κ2) is 3.75. The molecule has 0 spiro atoms. The molecule has 2 heterocycles. The Morgan fingerprint density at radius 3 is 3.07 bits per heavy atom. The van der Waals surface area contributed by atoms with Crippen LogP contribution < -0.4 is 5.69 Å². The zero-order valence-corrected chi connectivity index (χ0v) is 8.42. The van der Waals surface area contributed by atoms with Gasteiger partial charge in [-0.15, -0.1) is 16.7 Å². The molecule has 76 valence electrons. The summed E-state index contributed by atoms with van der Waals surface area (Å²) >= 11 is 5.63. The summed E-state index contributed by atoms with van der Waals surface area (Å²) in [5.74, 6) is 0. The first-order valence-corrected chi connectivity index (χ1v) is 4.74. The molecule has 15 heavy (non-hydrogen) atoms. The fraction of sp³-hybridized carbons (Fsp3) is 0.222. The number of rotatable bonds is 2. The lowest BCUT2D eigenvalue weighted by atomic mass is 10.5. The van der Waals surface area contributed by atoms with Crippen LogP contribution in [0.3, 0.4) is 0 Å². The van der Waals surface area contributed by atoms with Crippen LogP contribution in [0.5, 0.6) is 0 Å². The van der Waals surface area contributed by atoms with Crippen LogP contribution in [0.1, 0.15) is 0 Å². The lowest BCUT2D eigenvalue weighted by Crippen LogP contribution is -2.24. The maximum atomic E-state index is 11.7. The highest BCUT2D eigenvalue weighted by molar-refractivity contribution is 6.22. The first kappa shape index (κ1) is 9.74. The maximum Gasteiger partial charge on any atom is 0.350 e. The van der Waals surface area contributed by atoms with Gasteiger partial charge in [-0.2, -0.15) is 5.26 Å². The highest BCUT2D eigenvalue weighted by atomic mass is 35.5. The largest absolute Gasteiger partial charge is 0.350 e. The number of nitrogens with zero attached hydrogens (tertiary/aromatic N) is 4. The van der Waals surface area contributed by atoms with Crippen molar-refractivity contribution in [2.24, 2.45) is 0 Å². The molecule has 0 bridgehead atoms. The Labute approximate surface area is 90.1 Å². The summed E-state index contributed by atoms with van der Waals surface area (Å²) in [6.07, 6.45) is 1.62. The third kappa shape index (κ3) is 1.72. The van der Waals surface area contributed by atoms with Crippen molar-refractivity contribution in [3.05, 3.63) is 34.9 Å². The molecular formula is C9H7ClN4O. The van der Waals surface area contributed by atoms with E-state index in [-0.39, 0.29) is 12.2 Å². The van der Waals surface area contributed by atoms with Crippen molar-refractivity contribution in [2.75, 3.05) is 0 Å². The molecule has 0 aliphatic rings. The van der Waals surface area contributed by atoms with Crippen molar-refractivity contribution in [1.82, 2.24) is 14.2 Å². The van der Waals surface area contributed by atoms with Crippen molar-refractivity contribution in [2.45, 2.75) is 11.9 Å². The Balaban J connectivity index is 2.50. The molecule has 1 unspecified atom stereocenters. The van der Waals surface area contributed by atoms with Crippen LogP contribution in [0.4, 0.5) is 0 Å². The van der Waals surface area contributed by atoms with E-state index in [0.29, 0.717) is 5.65 Å². The van der Waals surface area contributed by atoms with Gasteiger partial charge in [0.05, 0.1) is 12.6 Å². The number of hydrogen-bond acceptors (Lipinski definition) is 3. The number of alkyl halides is 1. The van der Waals surface area contributed by atoms with Gasteiger partial charge in [0.25, 0.3) is 0 Å². The van der Waals surface area contributed by atoms with E-state index < -0.39 is 5.38 Å². The molecule has 0 saturated heterocycles. The number of fused-ring (bicyclic) bond motifs is 1. The molecule has 0 aromatic carbocycles. The zero-order valence-electron chi connectivity index (χ0n) is 7.67. The molecule has 2 aromatic heterocycles. The van der Waals surface area contributed by atoms with E-state index in [2.05, 4.69) is 5.10 Å². The summed E-state index contributed by atoms with van der Waals surface area (Å²) in [4.78, 5) is 11.7. The molecule has 6 heteroatoms. The number of nitriles is 1. The third-order valence-corrected chi connectivity index (χ3v) is 2.20. The van der Waals surface area contributed by atoms with E-state index in [0.717, 1.165) is 0 Å². The Bertz CT molecular complexity index is 580. The first-order valence-electron chi connectivity index (χ1n) is 4.30. The van der Waals surface area contributed by atoms with Gasteiger partial charge in [-0.3, -0.25) is 4.40 Å². The van der Waals surface area contributed by atoms with Crippen molar-refractivity contribution in [3.8, 4) is 6.07 Å². The molecular weight excluding hydrogens is 216 g/mol. The van der Waals surface area contributed by atoms with Crippen molar-refractivity contribution >= 4 is 17.2 Å². The predicted molar refractivity (Wildman–Crippen MR) is 54.7 cm³/mol. The first-order chi connectivity index (χ1) is 7.22. The molecule has 0 aliphatic heterocycles. The fourth-order valence-electron chi connectivity index (χ4n) is 1.28. The van der Waals surface area contributed by atoms with Gasteiger partial charge >= 0.3 is 5.69 Å². The molecule has 2 rings (SSSR count). The van der Waals surface area contributed by atoms with Gasteiger partial charge in [-0.25, -0.2) is 9.48 Å². The topological polar surface area (TPSA) is 63.1 Å². The summed E-state index contributed by atoms with van der Waals surface area (Å²) in [5.41, 5.74) is 0.260. The highest BCUT2D eigenvalue weighted by Gasteiger charge is 2.09. The second-order valence-corrected chi connectivity index (χ2v) is 3.52. The average Bonchev–Trinajstić information content (AvgIpc) is 2.57. The number of pyridine rings is 1. The van der Waals surface area contributed by atoms with Crippen LogP contribution in [0.15, 0.2) is 29.2 Å². The Kier molecular flexibility index (Phi) is 2.44. The molecule has 0 N–H and O–H groups in total. The lowest BCUT2D eigenvalue weighted by molar-refractivity contribution is 0.608. The third-order valence-electron chi connectivity index (χ3n) is 1.96. The van der Waals surface area contributed by atoms with Crippen LogP contribution in [-0.2, 0) is 6.54 Å². The molecule has 5 nitrogen and oxygen atoms in total. The summed E-state index contributed by atoms with van der Waals surface area (Å²) in [6.45, 7) is 0.0958. The quantitative estimate of drug-likeness (QED) is 0.700. The van der Waals surface area contributed by atoms with Gasteiger partial charge in [-0.1, -0.05) is 6.07 Å². The van der Waals surface area contributed by atoms with Gasteiger partial charge in [-0.05, 0) is 12.1 Å². The van der Waals surface area contributed by atoms with Crippen LogP contribution in [0.2, 0.25) is 0 Å². The standard InChI is InChI=1S/C9H7ClN4O/c10-7(5-11)6-14-9(15)13-4-2-1-3-8(13)12-14/h1-4,7H,6H2. The second-order valence-electron chi connectivity index (χ2n) is 2.99. The summed E-state index contributed by atoms with van der Waals surface area (Å²) in [6, 6.07) is 7.08. The molecule has 0 fully saturated rings. The summed E-state index contributed by atoms with van der Waals surface area (Å²) in [5, 5.41) is 11.8. The molecule has 0 amide bonds. The van der Waals surface area contributed by atoms with E-state index in [9.17, 15) is 4.79 Å². The van der Waals surface area contributed by atoms with E-state index >= 15 is 0 Å². The minimum Gasteiger partial charge on any atom is -0.250 e. The zero-order chi connectivity index (χ0) is 10.8. The maximum absolute atomic E-state index is 11.7. The summed E-state index contributed by atoms with van der Waals surface area (Å²) < 4.78 is 2.59. The number of halogens is 1. The fourth-order valence-corrected chi connectivity index (χ4v) is 1.41. The highest BCUT2D eigenvalue weighted by Crippen LogP contribution is 1.99. The van der Waals surface area contributed by atoms with Gasteiger partial charge in [0.15, 0.2) is 5.65 Å². The van der Waals surface area contributed by atoms with E-state index in [1.165, 1.54) is 9.08 Å². The minimum absolute atomic E-state index is 0.0958. The van der Waals surface area contributed by atoms with Crippen LogP contribution in [0, 0.1) is 11.3 Å².